The van der Waals surface area contributed by atoms with Gasteiger partial charge in [-0.05, 0) is 42.0 Å². The maximum absolute atomic E-state index is 11.6. The van der Waals surface area contributed by atoms with Crippen molar-refractivity contribution in [3.63, 3.8) is 0 Å². The van der Waals surface area contributed by atoms with Crippen LogP contribution in [-0.2, 0) is 4.79 Å². The molecule has 20 heavy (non-hydrogen) atoms. The first-order valence-electron chi connectivity index (χ1n) is 5.91. The van der Waals surface area contributed by atoms with E-state index in [1.807, 2.05) is 30.3 Å². The molecule has 0 fully saturated rings. The highest BCUT2D eigenvalue weighted by Crippen LogP contribution is 2.22. The molecule has 3 amide bonds. The molecule has 0 saturated carbocycles. The number of imide groups is 1. The molecular weight excluding hydrogens is 344 g/mol. The van der Waals surface area contributed by atoms with Crippen LogP contribution < -0.4 is 10.6 Å². The van der Waals surface area contributed by atoms with E-state index in [0.717, 1.165) is 15.2 Å². The zero-order valence-corrected chi connectivity index (χ0v) is 13.0. The maximum Gasteiger partial charge on any atom is 0.325 e. The van der Waals surface area contributed by atoms with Crippen LogP contribution in [-0.4, -0.2) is 17.3 Å². The number of hydrogen-bond acceptors (Lipinski definition) is 2. The average Bonchev–Trinajstić information content (AvgIpc) is 2.38. The Morgan fingerprint density at radius 1 is 1.15 bits per heavy atom. The predicted octanol–water partition coefficient (Wildman–Crippen LogP) is 3.88. The van der Waals surface area contributed by atoms with Crippen molar-refractivity contribution in [3.05, 3.63) is 40.9 Å². The number of urea groups is 1. The topological polar surface area (TPSA) is 58.2 Å². The molecule has 0 radical (unpaired) electrons. The Labute approximate surface area is 129 Å². The summed E-state index contributed by atoms with van der Waals surface area (Å²) in [5.41, 5.74) is 0.604. The minimum Gasteiger partial charge on any atom is -0.308 e. The second kappa shape index (κ2) is 6.24. The lowest BCUT2D eigenvalue weighted by Gasteiger charge is -2.08. The van der Waals surface area contributed by atoms with Crippen LogP contribution in [0.15, 0.2) is 40.9 Å². The number of anilines is 1. The van der Waals surface area contributed by atoms with Gasteiger partial charge in [0.05, 0.1) is 0 Å². The Bertz CT molecular complexity index is 673. The van der Waals surface area contributed by atoms with Crippen molar-refractivity contribution in [2.45, 2.75) is 12.3 Å². The summed E-state index contributed by atoms with van der Waals surface area (Å²) in [6.07, 6.45) is 0. The molecule has 2 N–H and O–H groups in total. The fraction of sp³-hybridized carbons (Fsp3) is 0.143. The van der Waals surface area contributed by atoms with Crippen molar-refractivity contribution >= 4 is 55.9 Å². The van der Waals surface area contributed by atoms with E-state index in [4.69, 9.17) is 11.6 Å². The molecule has 4 nitrogen and oxygen atoms in total. The van der Waals surface area contributed by atoms with E-state index >= 15 is 0 Å². The van der Waals surface area contributed by atoms with Crippen LogP contribution in [0, 0.1) is 0 Å². The molecule has 0 aromatic heterocycles. The summed E-state index contributed by atoms with van der Waals surface area (Å²) in [7, 11) is 0. The van der Waals surface area contributed by atoms with Crippen LogP contribution in [0.3, 0.4) is 0 Å². The van der Waals surface area contributed by atoms with Crippen LogP contribution in [0.2, 0.25) is 0 Å². The molecule has 104 valence electrons. The number of halogens is 2. The largest absolute Gasteiger partial charge is 0.325 e. The summed E-state index contributed by atoms with van der Waals surface area (Å²) in [5, 5.41) is 6.04. The molecule has 2 rings (SSSR count). The van der Waals surface area contributed by atoms with Crippen molar-refractivity contribution < 1.29 is 9.59 Å². The van der Waals surface area contributed by atoms with Crippen molar-refractivity contribution in [1.82, 2.24) is 5.32 Å². The minimum absolute atomic E-state index is 0.533. The van der Waals surface area contributed by atoms with Gasteiger partial charge in [-0.1, -0.05) is 28.1 Å². The third kappa shape index (κ3) is 3.71. The van der Waals surface area contributed by atoms with Gasteiger partial charge in [0.2, 0.25) is 5.91 Å². The second-order valence-corrected chi connectivity index (χ2v) is 5.84. The molecule has 0 aliphatic heterocycles. The van der Waals surface area contributed by atoms with E-state index in [9.17, 15) is 9.59 Å². The van der Waals surface area contributed by atoms with E-state index in [0.29, 0.717) is 5.69 Å². The summed E-state index contributed by atoms with van der Waals surface area (Å²) in [4.78, 5) is 22.9. The van der Waals surface area contributed by atoms with Gasteiger partial charge in [-0.2, -0.15) is 0 Å². The number of carbonyl (C=O) groups is 2. The smallest absolute Gasteiger partial charge is 0.308 e. The van der Waals surface area contributed by atoms with Crippen LogP contribution >= 0.6 is 27.5 Å². The fourth-order valence-corrected chi connectivity index (χ4v) is 2.10. The third-order valence-electron chi connectivity index (χ3n) is 2.66. The molecule has 0 aliphatic carbocycles. The number of amides is 3. The Kier molecular flexibility index (Phi) is 4.62. The first-order chi connectivity index (χ1) is 9.45. The van der Waals surface area contributed by atoms with Crippen molar-refractivity contribution in [2.75, 3.05) is 5.32 Å². The monoisotopic (exact) mass is 354 g/mol. The highest BCUT2D eigenvalue weighted by atomic mass is 79.9. The lowest BCUT2D eigenvalue weighted by molar-refractivity contribution is -0.119. The number of benzene rings is 2. The molecule has 1 unspecified atom stereocenters. The number of hydrogen-bond donors (Lipinski definition) is 2. The number of fused-ring (bicyclic) bond motifs is 1. The van der Waals surface area contributed by atoms with Crippen molar-refractivity contribution in [1.29, 1.82) is 0 Å². The highest BCUT2D eigenvalue weighted by molar-refractivity contribution is 9.10. The number of nitrogens with one attached hydrogen (secondary N) is 2. The van der Waals surface area contributed by atoms with Gasteiger partial charge in [0.1, 0.15) is 5.38 Å². The zero-order chi connectivity index (χ0) is 14.7. The summed E-state index contributed by atoms with van der Waals surface area (Å²) in [6, 6.07) is 10.7. The molecule has 0 spiro atoms. The van der Waals surface area contributed by atoms with Crippen molar-refractivity contribution in [2.24, 2.45) is 0 Å². The van der Waals surface area contributed by atoms with E-state index in [-0.39, 0.29) is 0 Å². The Morgan fingerprint density at radius 2 is 1.80 bits per heavy atom. The lowest BCUT2D eigenvalue weighted by Crippen LogP contribution is -2.38. The quantitative estimate of drug-likeness (QED) is 0.803. The fourth-order valence-electron chi connectivity index (χ4n) is 1.67. The van der Waals surface area contributed by atoms with Crippen molar-refractivity contribution in [3.8, 4) is 0 Å². The third-order valence-corrected chi connectivity index (χ3v) is 3.35. The molecule has 0 bridgehead atoms. The molecule has 0 aliphatic rings. The second-order valence-electron chi connectivity index (χ2n) is 4.27. The molecule has 0 heterocycles. The SMILES string of the molecule is CC(Cl)C(=O)NC(=O)Nc1ccc2cc(Br)ccc2c1. The van der Waals surface area contributed by atoms with Gasteiger partial charge >= 0.3 is 6.03 Å². The Balaban J connectivity index is 2.12. The molecule has 2 aromatic carbocycles. The van der Waals surface area contributed by atoms with Crippen LogP contribution in [0.5, 0.6) is 0 Å². The van der Waals surface area contributed by atoms with Gasteiger partial charge < -0.3 is 5.32 Å². The lowest BCUT2D eigenvalue weighted by atomic mass is 10.1. The molecule has 6 heteroatoms. The first kappa shape index (κ1) is 14.8. The van der Waals surface area contributed by atoms with Gasteiger partial charge in [0, 0.05) is 10.2 Å². The zero-order valence-electron chi connectivity index (χ0n) is 10.6. The van der Waals surface area contributed by atoms with Gasteiger partial charge in [0.15, 0.2) is 0 Å². The van der Waals surface area contributed by atoms with Crippen LogP contribution in [0.4, 0.5) is 10.5 Å². The highest BCUT2D eigenvalue weighted by Gasteiger charge is 2.12. The van der Waals surface area contributed by atoms with Crippen LogP contribution in [0.1, 0.15) is 6.92 Å². The summed E-state index contributed by atoms with van der Waals surface area (Å²) < 4.78 is 0.991. The minimum atomic E-state index is -0.755. The molecule has 1 atom stereocenters. The Morgan fingerprint density at radius 3 is 2.50 bits per heavy atom. The van der Waals surface area contributed by atoms with Gasteiger partial charge in [0.25, 0.3) is 0 Å². The number of rotatable bonds is 2. The first-order valence-corrected chi connectivity index (χ1v) is 7.14. The van der Waals surface area contributed by atoms with E-state index < -0.39 is 17.3 Å². The summed E-state index contributed by atoms with van der Waals surface area (Å²) >= 11 is 8.97. The average molecular weight is 356 g/mol. The number of alkyl halides is 1. The molecular formula is C14H12BrClN2O2. The van der Waals surface area contributed by atoms with Gasteiger partial charge in [-0.15, -0.1) is 11.6 Å². The summed E-state index contributed by atoms with van der Waals surface area (Å²) in [6.45, 7) is 1.50. The standard InChI is InChI=1S/C14H12BrClN2O2/c1-8(16)13(19)18-14(20)17-12-5-3-9-6-11(15)4-2-10(9)7-12/h2-8H,1H3,(H2,17,18,19,20). The molecule has 2 aromatic rings. The van der Waals surface area contributed by atoms with E-state index in [1.54, 1.807) is 6.07 Å². The number of carbonyl (C=O) groups excluding carboxylic acids is 2. The van der Waals surface area contributed by atoms with Gasteiger partial charge in [-0.3, -0.25) is 10.1 Å². The predicted molar refractivity (Wildman–Crippen MR) is 84.1 cm³/mol. The Hall–Kier alpha value is -1.59. The molecule has 0 saturated heterocycles. The van der Waals surface area contributed by atoms with E-state index in [2.05, 4.69) is 26.6 Å². The summed E-state index contributed by atoms with van der Waals surface area (Å²) in [5.74, 6) is -0.533. The maximum atomic E-state index is 11.6. The van der Waals surface area contributed by atoms with E-state index in [1.165, 1.54) is 6.92 Å². The van der Waals surface area contributed by atoms with Crippen LogP contribution in [0.25, 0.3) is 10.8 Å². The van der Waals surface area contributed by atoms with Gasteiger partial charge in [-0.25, -0.2) is 4.79 Å². The normalized spacial score (nSPS) is 11.9.